The van der Waals surface area contributed by atoms with Gasteiger partial charge in [0.1, 0.15) is 21.4 Å². The first kappa shape index (κ1) is 16.2. The molecule has 2 aromatic heterocycles. The molecule has 0 bridgehead atoms. The third-order valence-electron chi connectivity index (χ3n) is 3.67. The van der Waals surface area contributed by atoms with Crippen LogP contribution in [-0.4, -0.2) is 18.6 Å². The Morgan fingerprint density at radius 1 is 1.24 bits per heavy atom. The lowest BCUT2D eigenvalue weighted by molar-refractivity contribution is 0.423. The molecular formula is C15H11F2N3O3S2. The maximum atomic E-state index is 13.8. The summed E-state index contributed by atoms with van der Waals surface area (Å²) in [4.78, 5) is 3.92. The molecule has 4 rings (SSSR count). The van der Waals surface area contributed by atoms with Crippen molar-refractivity contribution in [1.29, 1.82) is 0 Å². The highest BCUT2D eigenvalue weighted by atomic mass is 32.2. The third kappa shape index (κ3) is 3.14. The van der Waals surface area contributed by atoms with Crippen molar-refractivity contribution in [2.45, 2.75) is 23.7 Å². The van der Waals surface area contributed by atoms with Crippen LogP contribution < -0.4 is 4.72 Å². The summed E-state index contributed by atoms with van der Waals surface area (Å²) in [6.07, 6.45) is 2.00. The van der Waals surface area contributed by atoms with Gasteiger partial charge in [-0.25, -0.2) is 17.2 Å². The summed E-state index contributed by atoms with van der Waals surface area (Å²) in [6.45, 7) is 0. The fourth-order valence-corrected chi connectivity index (χ4v) is 4.27. The second kappa shape index (κ2) is 5.88. The fourth-order valence-electron chi connectivity index (χ4n) is 2.27. The van der Waals surface area contributed by atoms with E-state index < -0.39 is 26.6 Å². The normalized spacial score (nSPS) is 14.6. The number of hydrogen-bond acceptors (Lipinski definition) is 6. The van der Waals surface area contributed by atoms with Crippen LogP contribution >= 0.6 is 11.3 Å². The van der Waals surface area contributed by atoms with Crippen LogP contribution in [0.2, 0.25) is 0 Å². The number of halogens is 2. The third-order valence-corrected chi connectivity index (χ3v) is 5.95. The Labute approximate surface area is 145 Å². The van der Waals surface area contributed by atoms with Crippen molar-refractivity contribution in [2.75, 3.05) is 4.72 Å². The highest BCUT2D eigenvalue weighted by Gasteiger charge is 2.30. The van der Waals surface area contributed by atoms with E-state index in [-0.39, 0.29) is 11.6 Å². The summed E-state index contributed by atoms with van der Waals surface area (Å²) in [6, 6.07) is 3.73. The van der Waals surface area contributed by atoms with Gasteiger partial charge < -0.3 is 4.52 Å². The maximum absolute atomic E-state index is 13.8. The molecule has 25 heavy (non-hydrogen) atoms. The zero-order valence-electron chi connectivity index (χ0n) is 12.6. The number of nitrogens with one attached hydrogen (secondary N) is 1. The van der Waals surface area contributed by atoms with E-state index in [9.17, 15) is 17.2 Å². The van der Waals surface area contributed by atoms with Gasteiger partial charge in [-0.2, -0.15) is 4.98 Å². The molecule has 0 spiro atoms. The SMILES string of the molecule is O=S(=O)(Nc1ccsc1-c1nc(C2CC2)no1)c1cc(F)ccc1F. The Morgan fingerprint density at radius 3 is 2.80 bits per heavy atom. The Bertz CT molecular complexity index is 1040. The van der Waals surface area contributed by atoms with Crippen molar-refractivity contribution < 1.29 is 21.7 Å². The van der Waals surface area contributed by atoms with Crippen molar-refractivity contribution in [3.05, 3.63) is 47.1 Å². The Morgan fingerprint density at radius 2 is 2.04 bits per heavy atom. The van der Waals surface area contributed by atoms with E-state index in [0.717, 1.165) is 25.0 Å². The summed E-state index contributed by atoms with van der Waals surface area (Å²) in [7, 11) is -4.31. The predicted octanol–water partition coefficient (Wildman–Crippen LogP) is 3.75. The molecule has 10 heteroatoms. The van der Waals surface area contributed by atoms with E-state index in [0.29, 0.717) is 22.7 Å². The molecule has 0 radical (unpaired) electrons. The number of hydrogen-bond donors (Lipinski definition) is 1. The standard InChI is InChI=1S/C15H11F2N3O3S2/c16-9-3-4-10(17)12(7-9)25(21,22)20-11-5-6-24-13(11)15-18-14(19-23-15)8-1-2-8/h3-8,20H,1-2H2. The van der Waals surface area contributed by atoms with Gasteiger partial charge in [-0.3, -0.25) is 4.72 Å². The molecule has 0 saturated heterocycles. The summed E-state index contributed by atoms with van der Waals surface area (Å²) < 4.78 is 59.3. The van der Waals surface area contributed by atoms with Crippen LogP contribution in [0.5, 0.6) is 0 Å². The van der Waals surface area contributed by atoms with Gasteiger partial charge >= 0.3 is 0 Å². The molecule has 1 saturated carbocycles. The summed E-state index contributed by atoms with van der Waals surface area (Å²) in [5.74, 6) is -0.820. The number of anilines is 1. The van der Waals surface area contributed by atoms with Crippen LogP contribution in [0.4, 0.5) is 14.5 Å². The Kier molecular flexibility index (Phi) is 3.80. The van der Waals surface area contributed by atoms with Crippen LogP contribution in [-0.2, 0) is 10.0 Å². The van der Waals surface area contributed by atoms with Crippen LogP contribution in [0, 0.1) is 11.6 Å². The smallest absolute Gasteiger partial charge is 0.270 e. The lowest BCUT2D eigenvalue weighted by Crippen LogP contribution is -2.15. The van der Waals surface area contributed by atoms with Gasteiger partial charge in [-0.15, -0.1) is 11.3 Å². The number of nitrogens with zero attached hydrogens (tertiary/aromatic N) is 2. The van der Waals surface area contributed by atoms with E-state index in [1.807, 2.05) is 0 Å². The van der Waals surface area contributed by atoms with Crippen molar-refractivity contribution >= 4 is 27.0 Å². The quantitative estimate of drug-likeness (QED) is 0.725. The summed E-state index contributed by atoms with van der Waals surface area (Å²) in [5, 5.41) is 5.52. The average molecular weight is 383 g/mol. The number of thiophene rings is 1. The van der Waals surface area contributed by atoms with E-state index in [1.54, 1.807) is 5.38 Å². The number of sulfonamides is 1. The molecule has 2 heterocycles. The minimum atomic E-state index is -4.31. The fraction of sp³-hybridized carbons (Fsp3) is 0.200. The first-order chi connectivity index (χ1) is 11.9. The zero-order valence-corrected chi connectivity index (χ0v) is 14.2. The van der Waals surface area contributed by atoms with Crippen molar-refractivity contribution in [1.82, 2.24) is 10.1 Å². The van der Waals surface area contributed by atoms with Crippen molar-refractivity contribution in [2.24, 2.45) is 0 Å². The largest absolute Gasteiger partial charge is 0.333 e. The van der Waals surface area contributed by atoms with Gasteiger partial charge in [-0.1, -0.05) is 5.16 Å². The topological polar surface area (TPSA) is 85.1 Å². The molecule has 130 valence electrons. The molecule has 1 aromatic carbocycles. The second-order valence-corrected chi connectivity index (χ2v) is 8.14. The summed E-state index contributed by atoms with van der Waals surface area (Å²) in [5.41, 5.74) is 0.166. The molecular weight excluding hydrogens is 372 g/mol. The second-order valence-electron chi connectivity index (χ2n) is 5.58. The van der Waals surface area contributed by atoms with Gasteiger partial charge in [0.25, 0.3) is 15.9 Å². The highest BCUT2D eigenvalue weighted by Crippen LogP contribution is 2.40. The van der Waals surface area contributed by atoms with Crippen LogP contribution in [0.1, 0.15) is 24.6 Å². The van der Waals surface area contributed by atoms with Gasteiger partial charge in [0.2, 0.25) is 0 Å². The first-order valence-corrected chi connectivity index (χ1v) is 9.69. The van der Waals surface area contributed by atoms with E-state index in [2.05, 4.69) is 14.9 Å². The zero-order chi connectivity index (χ0) is 17.6. The van der Waals surface area contributed by atoms with Crippen LogP contribution in [0.15, 0.2) is 39.1 Å². The first-order valence-electron chi connectivity index (χ1n) is 7.33. The molecule has 1 fully saturated rings. The molecule has 0 amide bonds. The number of rotatable bonds is 5. The van der Waals surface area contributed by atoms with Crippen LogP contribution in [0.25, 0.3) is 10.8 Å². The Balaban J connectivity index is 1.67. The van der Waals surface area contributed by atoms with E-state index in [1.165, 1.54) is 17.4 Å². The van der Waals surface area contributed by atoms with Gasteiger partial charge in [0.05, 0.1) is 5.69 Å². The molecule has 6 nitrogen and oxygen atoms in total. The maximum Gasteiger partial charge on any atom is 0.270 e. The van der Waals surface area contributed by atoms with Crippen LogP contribution in [0.3, 0.4) is 0 Å². The van der Waals surface area contributed by atoms with E-state index >= 15 is 0 Å². The molecule has 3 aromatic rings. The van der Waals surface area contributed by atoms with E-state index in [4.69, 9.17) is 4.52 Å². The van der Waals surface area contributed by atoms with Crippen molar-refractivity contribution in [3.8, 4) is 10.8 Å². The van der Waals surface area contributed by atoms with Gasteiger partial charge in [0.15, 0.2) is 5.82 Å². The van der Waals surface area contributed by atoms with Gasteiger partial charge in [0, 0.05) is 5.92 Å². The molecule has 1 N–H and O–H groups in total. The number of aromatic nitrogens is 2. The molecule has 1 aliphatic rings. The van der Waals surface area contributed by atoms with Crippen molar-refractivity contribution in [3.63, 3.8) is 0 Å². The number of benzene rings is 1. The van der Waals surface area contributed by atoms with Gasteiger partial charge in [-0.05, 0) is 42.5 Å². The lowest BCUT2D eigenvalue weighted by Gasteiger charge is -2.08. The molecule has 0 aliphatic heterocycles. The minimum Gasteiger partial charge on any atom is -0.333 e. The Hall–Kier alpha value is -2.33. The molecule has 1 aliphatic carbocycles. The highest BCUT2D eigenvalue weighted by molar-refractivity contribution is 7.92. The minimum absolute atomic E-state index is 0.166. The lowest BCUT2D eigenvalue weighted by atomic mass is 10.3. The average Bonchev–Trinajstić information content (AvgIpc) is 3.12. The molecule has 0 unspecified atom stereocenters. The summed E-state index contributed by atoms with van der Waals surface area (Å²) >= 11 is 1.20. The predicted molar refractivity (Wildman–Crippen MR) is 86.8 cm³/mol. The monoisotopic (exact) mass is 383 g/mol. The molecule has 0 atom stereocenters.